The summed E-state index contributed by atoms with van der Waals surface area (Å²) in [4.78, 5) is 24.6. The zero-order valence-corrected chi connectivity index (χ0v) is 13.2. The Morgan fingerprint density at radius 1 is 1.24 bits per heavy atom. The molecule has 2 heterocycles. The van der Waals surface area contributed by atoms with E-state index in [1.165, 1.54) is 0 Å². The van der Waals surface area contributed by atoms with Gasteiger partial charge in [-0.2, -0.15) is 0 Å². The van der Waals surface area contributed by atoms with Crippen molar-refractivity contribution in [3.05, 3.63) is 11.9 Å². The van der Waals surface area contributed by atoms with Gasteiger partial charge in [0.15, 0.2) is 0 Å². The van der Waals surface area contributed by atoms with E-state index in [4.69, 9.17) is 0 Å². The van der Waals surface area contributed by atoms with Gasteiger partial charge < -0.3 is 15.1 Å². The van der Waals surface area contributed by atoms with Crippen LogP contribution in [0.25, 0.3) is 0 Å². The Kier molecular flexibility index (Phi) is 5.36. The van der Waals surface area contributed by atoms with Crippen molar-refractivity contribution in [1.29, 1.82) is 0 Å². The lowest BCUT2D eigenvalue weighted by Crippen LogP contribution is -2.49. The maximum atomic E-state index is 11.9. The molecule has 0 bridgehead atoms. The normalized spacial score (nSPS) is 15.5. The van der Waals surface area contributed by atoms with Crippen molar-refractivity contribution in [2.24, 2.45) is 0 Å². The highest BCUT2D eigenvalue weighted by atomic mass is 16.2. The quantitative estimate of drug-likeness (QED) is 0.861. The van der Waals surface area contributed by atoms with Gasteiger partial charge in [-0.3, -0.25) is 4.79 Å². The van der Waals surface area contributed by atoms with Gasteiger partial charge >= 0.3 is 0 Å². The van der Waals surface area contributed by atoms with Crippen LogP contribution in [0.2, 0.25) is 0 Å². The van der Waals surface area contributed by atoms with Gasteiger partial charge in [0.1, 0.15) is 18.0 Å². The highest BCUT2D eigenvalue weighted by molar-refractivity contribution is 5.82. The second kappa shape index (κ2) is 7.24. The van der Waals surface area contributed by atoms with Gasteiger partial charge in [-0.25, -0.2) is 9.97 Å². The molecule has 1 aliphatic rings. The molecule has 0 unspecified atom stereocenters. The fourth-order valence-corrected chi connectivity index (χ4v) is 2.49. The number of hydrogen-bond acceptors (Lipinski definition) is 5. The van der Waals surface area contributed by atoms with E-state index in [1.807, 2.05) is 7.05 Å². The summed E-state index contributed by atoms with van der Waals surface area (Å²) in [5.74, 6) is 1.97. The summed E-state index contributed by atoms with van der Waals surface area (Å²) in [6, 6.07) is 0. The van der Waals surface area contributed by atoms with E-state index >= 15 is 0 Å². The predicted molar refractivity (Wildman–Crippen MR) is 84.7 cm³/mol. The minimum Gasteiger partial charge on any atom is -0.370 e. The standard InChI is InChI=1S/C15H25N5O/c1-4-6-12-14(16-7-5-2)17-11-18-15(12)20-9-8-19(3)13(21)10-20/h11H,4-10H2,1-3H3,(H,16,17,18). The first-order valence-electron chi connectivity index (χ1n) is 7.74. The van der Waals surface area contributed by atoms with Crippen molar-refractivity contribution in [2.75, 3.05) is 43.4 Å². The summed E-state index contributed by atoms with van der Waals surface area (Å²) in [6.07, 6.45) is 4.60. The lowest BCUT2D eigenvalue weighted by Gasteiger charge is -2.34. The van der Waals surface area contributed by atoms with E-state index in [0.717, 1.165) is 56.1 Å². The number of carbonyl (C=O) groups excluding carboxylic acids is 1. The van der Waals surface area contributed by atoms with Crippen LogP contribution in [0.5, 0.6) is 0 Å². The first kappa shape index (κ1) is 15.5. The molecule has 6 nitrogen and oxygen atoms in total. The molecule has 0 saturated carbocycles. The average molecular weight is 291 g/mol. The highest BCUT2D eigenvalue weighted by Gasteiger charge is 2.24. The minimum atomic E-state index is 0.144. The number of anilines is 2. The van der Waals surface area contributed by atoms with Crippen LogP contribution in [0.4, 0.5) is 11.6 Å². The van der Waals surface area contributed by atoms with E-state index in [-0.39, 0.29) is 5.91 Å². The molecule has 0 atom stereocenters. The highest BCUT2D eigenvalue weighted by Crippen LogP contribution is 2.26. The molecule has 1 aromatic rings. The van der Waals surface area contributed by atoms with Crippen molar-refractivity contribution in [1.82, 2.24) is 14.9 Å². The monoisotopic (exact) mass is 291 g/mol. The Morgan fingerprint density at radius 3 is 2.71 bits per heavy atom. The number of nitrogens with zero attached hydrogens (tertiary/aromatic N) is 4. The minimum absolute atomic E-state index is 0.144. The summed E-state index contributed by atoms with van der Waals surface area (Å²) in [5.41, 5.74) is 1.13. The number of amides is 1. The second-order valence-electron chi connectivity index (χ2n) is 5.44. The van der Waals surface area contributed by atoms with Crippen LogP contribution in [-0.4, -0.2) is 54.0 Å². The van der Waals surface area contributed by atoms with Crippen LogP contribution >= 0.6 is 0 Å². The topological polar surface area (TPSA) is 61.4 Å². The third kappa shape index (κ3) is 3.62. The number of hydrogen-bond donors (Lipinski definition) is 1. The van der Waals surface area contributed by atoms with Crippen molar-refractivity contribution in [3.63, 3.8) is 0 Å². The van der Waals surface area contributed by atoms with E-state index in [2.05, 4.69) is 34.0 Å². The zero-order valence-electron chi connectivity index (χ0n) is 13.2. The van der Waals surface area contributed by atoms with Gasteiger partial charge in [0.2, 0.25) is 5.91 Å². The Balaban J connectivity index is 2.27. The molecular formula is C15H25N5O. The Bertz CT molecular complexity index is 491. The lowest BCUT2D eigenvalue weighted by atomic mass is 10.1. The van der Waals surface area contributed by atoms with Crippen molar-refractivity contribution < 1.29 is 4.79 Å². The van der Waals surface area contributed by atoms with Gasteiger partial charge in [-0.15, -0.1) is 0 Å². The van der Waals surface area contributed by atoms with Crippen molar-refractivity contribution in [3.8, 4) is 0 Å². The molecule has 1 N–H and O–H groups in total. The van der Waals surface area contributed by atoms with Crippen LogP contribution < -0.4 is 10.2 Å². The third-order valence-electron chi connectivity index (χ3n) is 3.72. The van der Waals surface area contributed by atoms with Crippen molar-refractivity contribution in [2.45, 2.75) is 33.1 Å². The first-order valence-corrected chi connectivity index (χ1v) is 7.74. The molecular weight excluding hydrogens is 266 g/mol. The summed E-state index contributed by atoms with van der Waals surface area (Å²) in [5, 5.41) is 3.37. The molecule has 1 amide bonds. The Morgan fingerprint density at radius 2 is 2.05 bits per heavy atom. The SMILES string of the molecule is CCCNc1ncnc(N2CCN(C)C(=O)C2)c1CCC. The van der Waals surface area contributed by atoms with E-state index < -0.39 is 0 Å². The summed E-state index contributed by atoms with van der Waals surface area (Å²) < 4.78 is 0. The number of nitrogens with one attached hydrogen (secondary N) is 1. The largest absolute Gasteiger partial charge is 0.370 e. The molecule has 0 aliphatic carbocycles. The summed E-state index contributed by atoms with van der Waals surface area (Å²) in [6.45, 7) is 7.14. The summed E-state index contributed by atoms with van der Waals surface area (Å²) >= 11 is 0. The van der Waals surface area contributed by atoms with Crippen LogP contribution in [-0.2, 0) is 11.2 Å². The second-order valence-corrected chi connectivity index (χ2v) is 5.44. The van der Waals surface area contributed by atoms with E-state index in [1.54, 1.807) is 11.2 Å². The van der Waals surface area contributed by atoms with Gasteiger partial charge in [0.05, 0.1) is 6.54 Å². The molecule has 0 aromatic carbocycles. The number of aromatic nitrogens is 2. The molecule has 1 saturated heterocycles. The number of likely N-dealkylation sites (N-methyl/N-ethyl adjacent to an activating group) is 1. The molecule has 6 heteroatoms. The molecule has 1 aromatic heterocycles. The zero-order chi connectivity index (χ0) is 15.2. The number of carbonyl (C=O) groups is 1. The molecule has 0 spiro atoms. The average Bonchev–Trinajstić information content (AvgIpc) is 2.49. The smallest absolute Gasteiger partial charge is 0.241 e. The van der Waals surface area contributed by atoms with Crippen molar-refractivity contribution >= 4 is 17.5 Å². The Labute approximate surface area is 126 Å². The van der Waals surface area contributed by atoms with Crippen LogP contribution in [0.1, 0.15) is 32.3 Å². The third-order valence-corrected chi connectivity index (χ3v) is 3.72. The Hall–Kier alpha value is -1.85. The molecule has 2 rings (SSSR count). The molecule has 1 fully saturated rings. The maximum absolute atomic E-state index is 11.9. The van der Waals surface area contributed by atoms with Gasteiger partial charge in [-0.1, -0.05) is 20.3 Å². The van der Waals surface area contributed by atoms with E-state index in [0.29, 0.717) is 6.54 Å². The fourth-order valence-electron chi connectivity index (χ4n) is 2.49. The van der Waals surface area contributed by atoms with Crippen LogP contribution in [0.3, 0.4) is 0 Å². The molecule has 0 radical (unpaired) electrons. The molecule has 1 aliphatic heterocycles. The lowest BCUT2D eigenvalue weighted by molar-refractivity contribution is -0.129. The molecule has 116 valence electrons. The number of rotatable bonds is 6. The predicted octanol–water partition coefficient (Wildman–Crippen LogP) is 1.53. The van der Waals surface area contributed by atoms with Crippen LogP contribution in [0, 0.1) is 0 Å². The maximum Gasteiger partial charge on any atom is 0.241 e. The number of piperazine rings is 1. The van der Waals surface area contributed by atoms with Crippen LogP contribution in [0.15, 0.2) is 6.33 Å². The van der Waals surface area contributed by atoms with E-state index in [9.17, 15) is 4.79 Å². The van der Waals surface area contributed by atoms with Gasteiger partial charge in [-0.05, 0) is 12.8 Å². The van der Waals surface area contributed by atoms with Gasteiger partial charge in [0.25, 0.3) is 0 Å². The summed E-state index contributed by atoms with van der Waals surface area (Å²) in [7, 11) is 1.85. The fraction of sp³-hybridized carbons (Fsp3) is 0.667. The first-order chi connectivity index (χ1) is 10.2. The van der Waals surface area contributed by atoms with Gasteiger partial charge in [0, 0.05) is 32.2 Å². The molecule has 21 heavy (non-hydrogen) atoms.